The van der Waals surface area contributed by atoms with Gasteiger partial charge in [0, 0.05) is 25.5 Å². The number of unbranched alkanes of at least 4 members (excludes halogenated alkanes) is 2. The zero-order valence-corrected chi connectivity index (χ0v) is 11.4. The zero-order chi connectivity index (χ0) is 12.5. The Balaban J connectivity index is 2.34. The first kappa shape index (κ1) is 14.1. The molecule has 0 aliphatic carbocycles. The molecule has 1 aromatic heterocycles. The predicted molar refractivity (Wildman–Crippen MR) is 74.9 cm³/mol. The van der Waals surface area contributed by atoms with Crippen LogP contribution in [0.3, 0.4) is 0 Å². The number of hydrogen-bond donors (Lipinski definition) is 1. The molecule has 0 radical (unpaired) electrons. The van der Waals surface area contributed by atoms with Gasteiger partial charge in [-0.2, -0.15) is 11.8 Å². The molecule has 0 saturated carbocycles. The lowest BCUT2D eigenvalue weighted by molar-refractivity contribution is 0.712. The van der Waals surface area contributed by atoms with Gasteiger partial charge in [-0.25, -0.2) is 4.98 Å². The molecule has 0 aliphatic rings. The Morgan fingerprint density at radius 1 is 1.41 bits per heavy atom. The summed E-state index contributed by atoms with van der Waals surface area (Å²) in [6.07, 6.45) is 9.03. The van der Waals surface area contributed by atoms with Crippen molar-refractivity contribution in [1.82, 2.24) is 9.55 Å². The first-order valence-corrected chi connectivity index (χ1v) is 7.47. The van der Waals surface area contributed by atoms with Crippen LogP contribution in [0.15, 0.2) is 17.2 Å². The van der Waals surface area contributed by atoms with Gasteiger partial charge in [-0.15, -0.1) is 0 Å². The lowest BCUT2D eigenvalue weighted by Gasteiger charge is -2.07. The Hall–Kier alpha value is -0.970. The van der Waals surface area contributed by atoms with Crippen LogP contribution in [0.25, 0.3) is 0 Å². The predicted octanol–water partition coefficient (Wildman–Crippen LogP) is 2.21. The van der Waals surface area contributed by atoms with E-state index in [2.05, 4.69) is 16.6 Å². The lowest BCUT2D eigenvalue weighted by Crippen LogP contribution is -2.24. The monoisotopic (exact) mass is 255 g/mol. The Kier molecular flexibility index (Phi) is 6.77. The highest BCUT2D eigenvalue weighted by Crippen LogP contribution is 2.02. The molecule has 1 rings (SSSR count). The lowest BCUT2D eigenvalue weighted by atomic mass is 10.2. The molecule has 0 atom stereocenters. The summed E-state index contributed by atoms with van der Waals surface area (Å²) >= 11 is 1.88. The van der Waals surface area contributed by atoms with Crippen molar-refractivity contribution in [3.8, 4) is 0 Å². The Labute approximate surface area is 107 Å². The molecule has 1 N–H and O–H groups in total. The minimum Gasteiger partial charge on any atom is -0.365 e. The number of thioether (sulfide) groups is 1. The van der Waals surface area contributed by atoms with Crippen molar-refractivity contribution < 1.29 is 0 Å². The number of rotatable bonds is 8. The van der Waals surface area contributed by atoms with Gasteiger partial charge in [0.15, 0.2) is 5.82 Å². The maximum absolute atomic E-state index is 11.8. The molecular weight excluding hydrogens is 234 g/mol. The van der Waals surface area contributed by atoms with Crippen LogP contribution in [0.5, 0.6) is 0 Å². The topological polar surface area (TPSA) is 46.9 Å². The molecule has 4 nitrogen and oxygen atoms in total. The van der Waals surface area contributed by atoms with E-state index < -0.39 is 0 Å². The Morgan fingerprint density at radius 3 is 2.94 bits per heavy atom. The summed E-state index contributed by atoms with van der Waals surface area (Å²) in [7, 11) is 0. The van der Waals surface area contributed by atoms with Crippen LogP contribution in [0, 0.1) is 0 Å². The van der Waals surface area contributed by atoms with E-state index in [0.29, 0.717) is 12.4 Å². The molecule has 1 heterocycles. The number of hydrogen-bond acceptors (Lipinski definition) is 4. The Morgan fingerprint density at radius 2 is 2.24 bits per heavy atom. The molecule has 1 aromatic rings. The van der Waals surface area contributed by atoms with Crippen molar-refractivity contribution >= 4 is 17.6 Å². The van der Waals surface area contributed by atoms with Crippen LogP contribution in [-0.2, 0) is 6.54 Å². The second kappa shape index (κ2) is 8.17. The third kappa shape index (κ3) is 4.81. The molecule has 0 fully saturated rings. The van der Waals surface area contributed by atoms with E-state index in [1.54, 1.807) is 17.0 Å². The maximum atomic E-state index is 11.8. The summed E-state index contributed by atoms with van der Waals surface area (Å²) in [6.45, 7) is 3.46. The fourth-order valence-corrected chi connectivity index (χ4v) is 2.07. The molecule has 0 spiro atoms. The van der Waals surface area contributed by atoms with Crippen molar-refractivity contribution in [2.24, 2.45) is 0 Å². The van der Waals surface area contributed by atoms with Crippen molar-refractivity contribution in [2.45, 2.75) is 32.7 Å². The van der Waals surface area contributed by atoms with Crippen LogP contribution in [0.1, 0.15) is 26.2 Å². The normalized spacial score (nSPS) is 10.5. The molecule has 0 aliphatic heterocycles. The summed E-state index contributed by atoms with van der Waals surface area (Å²) in [6, 6.07) is 0. The summed E-state index contributed by atoms with van der Waals surface area (Å²) in [5.41, 5.74) is -0.0286. The summed E-state index contributed by atoms with van der Waals surface area (Å²) in [5, 5.41) is 3.11. The van der Waals surface area contributed by atoms with Gasteiger partial charge in [0.1, 0.15) is 0 Å². The molecule has 17 heavy (non-hydrogen) atoms. The van der Waals surface area contributed by atoms with Gasteiger partial charge in [-0.3, -0.25) is 4.79 Å². The highest BCUT2D eigenvalue weighted by Gasteiger charge is 2.01. The van der Waals surface area contributed by atoms with E-state index in [-0.39, 0.29) is 5.56 Å². The summed E-state index contributed by atoms with van der Waals surface area (Å²) < 4.78 is 1.66. The fraction of sp³-hybridized carbons (Fsp3) is 0.667. The number of anilines is 1. The number of aromatic nitrogens is 2. The second-order valence-corrected chi connectivity index (χ2v) is 4.83. The van der Waals surface area contributed by atoms with Crippen LogP contribution in [-0.4, -0.2) is 28.1 Å². The van der Waals surface area contributed by atoms with Gasteiger partial charge in [0.2, 0.25) is 0 Å². The smallest absolute Gasteiger partial charge is 0.293 e. The van der Waals surface area contributed by atoms with Gasteiger partial charge in [-0.05, 0) is 31.8 Å². The molecule has 0 unspecified atom stereocenters. The van der Waals surface area contributed by atoms with Crippen LogP contribution in [0.2, 0.25) is 0 Å². The molecule has 5 heteroatoms. The van der Waals surface area contributed by atoms with Crippen LogP contribution < -0.4 is 10.9 Å². The average molecular weight is 255 g/mol. The first-order valence-electron chi connectivity index (χ1n) is 6.07. The van der Waals surface area contributed by atoms with E-state index >= 15 is 0 Å². The second-order valence-electron chi connectivity index (χ2n) is 3.85. The van der Waals surface area contributed by atoms with Gasteiger partial charge < -0.3 is 9.88 Å². The summed E-state index contributed by atoms with van der Waals surface area (Å²) in [4.78, 5) is 15.9. The standard InChI is InChI=1S/C12H21N3OS/c1-3-15-9-8-14-11(12(15)16)13-7-5-4-6-10-17-2/h8-9H,3-7,10H2,1-2H3,(H,13,14). The number of aryl methyl sites for hydroxylation is 1. The minimum atomic E-state index is -0.0286. The SMILES string of the molecule is CCn1ccnc(NCCCCCSC)c1=O. The molecule has 0 amide bonds. The van der Waals surface area contributed by atoms with Crippen molar-refractivity contribution in [3.63, 3.8) is 0 Å². The van der Waals surface area contributed by atoms with E-state index in [1.165, 1.54) is 18.6 Å². The van der Waals surface area contributed by atoms with Gasteiger partial charge in [0.25, 0.3) is 5.56 Å². The summed E-state index contributed by atoms with van der Waals surface area (Å²) in [5.74, 6) is 1.69. The van der Waals surface area contributed by atoms with Gasteiger partial charge in [0.05, 0.1) is 0 Å². The van der Waals surface area contributed by atoms with E-state index in [9.17, 15) is 4.79 Å². The van der Waals surface area contributed by atoms with E-state index in [4.69, 9.17) is 0 Å². The quantitative estimate of drug-likeness (QED) is 0.723. The van der Waals surface area contributed by atoms with E-state index in [0.717, 1.165) is 13.0 Å². The largest absolute Gasteiger partial charge is 0.365 e. The third-order valence-corrected chi connectivity index (χ3v) is 3.27. The molecule has 0 aromatic carbocycles. The molecule has 0 bridgehead atoms. The number of nitrogens with zero attached hydrogens (tertiary/aromatic N) is 2. The van der Waals surface area contributed by atoms with Gasteiger partial charge >= 0.3 is 0 Å². The van der Waals surface area contributed by atoms with Gasteiger partial charge in [-0.1, -0.05) is 6.42 Å². The average Bonchev–Trinajstić information content (AvgIpc) is 2.35. The fourth-order valence-electron chi connectivity index (χ4n) is 1.57. The zero-order valence-electron chi connectivity index (χ0n) is 10.6. The molecule has 96 valence electrons. The highest BCUT2D eigenvalue weighted by atomic mass is 32.2. The van der Waals surface area contributed by atoms with Crippen molar-refractivity contribution in [2.75, 3.05) is 23.9 Å². The van der Waals surface area contributed by atoms with Crippen LogP contribution in [0.4, 0.5) is 5.82 Å². The van der Waals surface area contributed by atoms with E-state index in [1.807, 2.05) is 18.7 Å². The van der Waals surface area contributed by atoms with Crippen molar-refractivity contribution in [3.05, 3.63) is 22.7 Å². The Bertz CT molecular complexity index is 378. The first-order chi connectivity index (χ1) is 8.29. The minimum absolute atomic E-state index is 0.0286. The maximum Gasteiger partial charge on any atom is 0.293 e. The highest BCUT2D eigenvalue weighted by molar-refractivity contribution is 7.98. The number of nitrogens with one attached hydrogen (secondary N) is 1. The molecule has 0 saturated heterocycles. The molecular formula is C12H21N3OS. The van der Waals surface area contributed by atoms with Crippen molar-refractivity contribution in [1.29, 1.82) is 0 Å². The van der Waals surface area contributed by atoms with Crippen LogP contribution >= 0.6 is 11.8 Å². The third-order valence-electron chi connectivity index (χ3n) is 2.57.